The highest BCUT2D eigenvalue weighted by molar-refractivity contribution is 7.89. The summed E-state index contributed by atoms with van der Waals surface area (Å²) in [5.74, 6) is -0.289. The van der Waals surface area contributed by atoms with Gasteiger partial charge >= 0.3 is 0 Å². The fraction of sp³-hybridized carbons (Fsp3) is 0.462. The third kappa shape index (κ3) is 5.61. The van der Waals surface area contributed by atoms with Gasteiger partial charge in [-0.05, 0) is 62.4 Å². The summed E-state index contributed by atoms with van der Waals surface area (Å²) in [6.45, 7) is 3.25. The molecule has 196 valence electrons. The van der Waals surface area contributed by atoms with Gasteiger partial charge in [-0.15, -0.1) is 0 Å². The van der Waals surface area contributed by atoms with Crippen molar-refractivity contribution in [2.45, 2.75) is 51.5 Å². The Hall–Kier alpha value is -3.47. The fourth-order valence-electron chi connectivity index (χ4n) is 5.40. The molecule has 3 heterocycles. The van der Waals surface area contributed by atoms with E-state index in [9.17, 15) is 18.0 Å². The van der Waals surface area contributed by atoms with E-state index in [1.807, 2.05) is 35.8 Å². The van der Waals surface area contributed by atoms with Crippen molar-refractivity contribution in [2.75, 3.05) is 29.6 Å². The molecule has 1 aliphatic heterocycles. The first kappa shape index (κ1) is 25.2. The van der Waals surface area contributed by atoms with E-state index in [1.165, 1.54) is 0 Å². The van der Waals surface area contributed by atoms with Crippen molar-refractivity contribution < 1.29 is 13.2 Å². The van der Waals surface area contributed by atoms with Gasteiger partial charge in [0.2, 0.25) is 21.9 Å². The molecule has 5 rings (SSSR count). The molecule has 11 heteroatoms. The predicted molar refractivity (Wildman–Crippen MR) is 144 cm³/mol. The third-order valence-electron chi connectivity index (χ3n) is 7.33. The van der Waals surface area contributed by atoms with Gasteiger partial charge in [0, 0.05) is 54.1 Å². The highest BCUT2D eigenvalue weighted by atomic mass is 32.2. The van der Waals surface area contributed by atoms with Gasteiger partial charge in [-0.25, -0.2) is 13.4 Å². The maximum absolute atomic E-state index is 12.8. The molecule has 0 radical (unpaired) electrons. The second-order valence-corrected chi connectivity index (χ2v) is 11.8. The number of benzene rings is 1. The van der Waals surface area contributed by atoms with E-state index in [2.05, 4.69) is 19.9 Å². The first-order chi connectivity index (χ1) is 17.7. The highest BCUT2D eigenvalue weighted by Gasteiger charge is 2.27. The van der Waals surface area contributed by atoms with E-state index >= 15 is 0 Å². The number of aromatic nitrogens is 3. The predicted octanol–water partition coefficient (Wildman–Crippen LogP) is 3.25. The second kappa shape index (κ2) is 10.1. The number of nitrogens with zero attached hydrogens (tertiary/aromatic N) is 4. The standard InChI is InChI=1S/C26H32N6O4S/c1-17-15-23(33)32(21-5-3-4-6-21)24-22(17)16-27-26(29-24)28-19-7-9-20(10-8-19)31-13-11-18(12-14-31)25(34)30-37(2,35)36/h7-10,15-16,18,21H,3-6,11-14H2,1-2H3,(H,30,34)(H,27,28,29). The summed E-state index contributed by atoms with van der Waals surface area (Å²) in [5, 5.41) is 4.15. The number of anilines is 3. The normalized spacial score (nSPS) is 17.3. The maximum atomic E-state index is 12.8. The van der Waals surface area contributed by atoms with E-state index < -0.39 is 15.9 Å². The molecule has 0 unspecified atom stereocenters. The first-order valence-corrected chi connectivity index (χ1v) is 14.6. The van der Waals surface area contributed by atoms with Crippen LogP contribution in [0.5, 0.6) is 0 Å². The van der Waals surface area contributed by atoms with E-state index in [4.69, 9.17) is 4.98 Å². The summed E-state index contributed by atoms with van der Waals surface area (Å²) in [7, 11) is -3.54. The van der Waals surface area contributed by atoms with Gasteiger partial charge in [0.1, 0.15) is 5.65 Å². The number of carbonyl (C=O) groups excluding carboxylic acids is 1. The number of carbonyl (C=O) groups is 1. The van der Waals surface area contributed by atoms with E-state index in [0.29, 0.717) is 37.5 Å². The molecule has 1 aliphatic carbocycles. The van der Waals surface area contributed by atoms with Crippen LogP contribution in [0.25, 0.3) is 11.0 Å². The van der Waals surface area contributed by atoms with Gasteiger partial charge in [-0.3, -0.25) is 18.9 Å². The molecular formula is C26H32N6O4S. The lowest BCUT2D eigenvalue weighted by Gasteiger charge is -2.33. The molecule has 1 saturated carbocycles. The van der Waals surface area contributed by atoms with Crippen molar-refractivity contribution in [2.24, 2.45) is 5.92 Å². The Morgan fingerprint density at radius 3 is 2.38 bits per heavy atom. The minimum Gasteiger partial charge on any atom is -0.371 e. The molecular weight excluding hydrogens is 492 g/mol. The van der Waals surface area contributed by atoms with Crippen LogP contribution in [-0.4, -0.2) is 48.2 Å². The summed E-state index contributed by atoms with van der Waals surface area (Å²) >= 11 is 0. The van der Waals surface area contributed by atoms with Crippen molar-refractivity contribution in [3.8, 4) is 0 Å². The van der Waals surface area contributed by atoms with Crippen LogP contribution in [0.3, 0.4) is 0 Å². The van der Waals surface area contributed by atoms with Gasteiger partial charge < -0.3 is 10.2 Å². The van der Waals surface area contributed by atoms with Gasteiger partial charge in [-0.1, -0.05) is 12.8 Å². The van der Waals surface area contributed by atoms with Crippen LogP contribution in [0.15, 0.2) is 41.3 Å². The summed E-state index contributed by atoms with van der Waals surface area (Å²) in [6, 6.07) is 9.76. The maximum Gasteiger partial charge on any atom is 0.252 e. The number of pyridine rings is 1. The fourth-order valence-corrected chi connectivity index (χ4v) is 5.93. The number of hydrogen-bond acceptors (Lipinski definition) is 8. The van der Waals surface area contributed by atoms with Crippen LogP contribution >= 0.6 is 0 Å². The highest BCUT2D eigenvalue weighted by Crippen LogP contribution is 2.31. The SMILES string of the molecule is Cc1cc(=O)n(C2CCCC2)c2nc(Nc3ccc(N4CCC(C(=O)NS(C)(=O)=O)CC4)cc3)ncc12. The first-order valence-electron chi connectivity index (χ1n) is 12.7. The number of sulfonamides is 1. The summed E-state index contributed by atoms with van der Waals surface area (Å²) in [6.07, 6.45) is 8.19. The van der Waals surface area contributed by atoms with Crippen molar-refractivity contribution in [1.29, 1.82) is 0 Å². The molecule has 2 aromatic heterocycles. The molecule has 0 atom stereocenters. The minimum absolute atomic E-state index is 0.0107. The van der Waals surface area contributed by atoms with Crippen LogP contribution in [0.2, 0.25) is 0 Å². The van der Waals surface area contributed by atoms with Crippen LogP contribution in [0.1, 0.15) is 50.1 Å². The molecule has 37 heavy (non-hydrogen) atoms. The molecule has 2 N–H and O–H groups in total. The molecule has 0 spiro atoms. The van der Waals surface area contributed by atoms with Crippen LogP contribution in [0.4, 0.5) is 17.3 Å². The lowest BCUT2D eigenvalue weighted by atomic mass is 9.96. The van der Waals surface area contributed by atoms with Gasteiger partial charge in [0.25, 0.3) is 5.56 Å². The number of fused-ring (bicyclic) bond motifs is 1. The van der Waals surface area contributed by atoms with Crippen LogP contribution in [-0.2, 0) is 14.8 Å². The lowest BCUT2D eigenvalue weighted by molar-refractivity contribution is -0.123. The Labute approximate surface area is 216 Å². The molecule has 1 amide bonds. The van der Waals surface area contributed by atoms with Crippen LogP contribution < -0.4 is 20.5 Å². The van der Waals surface area contributed by atoms with Gasteiger partial charge in [-0.2, -0.15) is 4.98 Å². The Balaban J connectivity index is 1.28. The molecule has 1 aromatic carbocycles. The summed E-state index contributed by atoms with van der Waals surface area (Å²) < 4.78 is 26.6. The monoisotopic (exact) mass is 524 g/mol. The Kier molecular flexibility index (Phi) is 6.89. The number of piperidine rings is 1. The van der Waals surface area contributed by atoms with Crippen molar-refractivity contribution in [3.63, 3.8) is 0 Å². The average Bonchev–Trinajstić information content (AvgIpc) is 3.38. The molecule has 2 aliphatic rings. The molecule has 0 bridgehead atoms. The molecule has 3 aromatic rings. The molecule has 10 nitrogen and oxygen atoms in total. The van der Waals surface area contributed by atoms with Crippen molar-refractivity contribution in [3.05, 3.63) is 52.4 Å². The third-order valence-corrected chi connectivity index (χ3v) is 7.90. The Morgan fingerprint density at radius 1 is 1.05 bits per heavy atom. The molecule has 2 fully saturated rings. The van der Waals surface area contributed by atoms with Gasteiger partial charge in [0.15, 0.2) is 0 Å². The number of hydrogen-bond donors (Lipinski definition) is 2. The number of rotatable bonds is 6. The quantitative estimate of drug-likeness (QED) is 0.503. The summed E-state index contributed by atoms with van der Waals surface area (Å²) in [5.41, 5.74) is 3.39. The number of amides is 1. The summed E-state index contributed by atoms with van der Waals surface area (Å²) in [4.78, 5) is 36.4. The smallest absolute Gasteiger partial charge is 0.252 e. The Bertz CT molecular complexity index is 1470. The zero-order valence-electron chi connectivity index (χ0n) is 21.1. The zero-order valence-corrected chi connectivity index (χ0v) is 21.9. The lowest BCUT2D eigenvalue weighted by Crippen LogP contribution is -2.42. The van der Waals surface area contributed by atoms with Crippen molar-refractivity contribution in [1.82, 2.24) is 19.3 Å². The number of aryl methyl sites for hydroxylation is 1. The Morgan fingerprint density at radius 2 is 1.73 bits per heavy atom. The van der Waals surface area contributed by atoms with Gasteiger partial charge in [0.05, 0.1) is 6.26 Å². The zero-order chi connectivity index (χ0) is 26.2. The van der Waals surface area contributed by atoms with E-state index in [1.54, 1.807) is 12.3 Å². The van der Waals surface area contributed by atoms with E-state index in [0.717, 1.165) is 54.3 Å². The van der Waals surface area contributed by atoms with E-state index in [-0.39, 0.29) is 17.5 Å². The number of nitrogens with one attached hydrogen (secondary N) is 2. The topological polar surface area (TPSA) is 126 Å². The average molecular weight is 525 g/mol. The minimum atomic E-state index is -3.54. The van der Waals surface area contributed by atoms with Crippen molar-refractivity contribution >= 4 is 44.3 Å². The van der Waals surface area contributed by atoms with Crippen LogP contribution in [0, 0.1) is 12.8 Å². The second-order valence-electron chi connectivity index (χ2n) is 10.1. The molecule has 1 saturated heterocycles. The largest absolute Gasteiger partial charge is 0.371 e.